The second-order valence-corrected chi connectivity index (χ2v) is 12.2. The molecular formula is C36H39Cl2N7O2. The summed E-state index contributed by atoms with van der Waals surface area (Å²) < 4.78 is 11.0. The van der Waals surface area contributed by atoms with E-state index in [1.807, 2.05) is 72.8 Å². The van der Waals surface area contributed by atoms with Gasteiger partial charge in [-0.15, -0.1) is 0 Å². The molecule has 0 atom stereocenters. The maximum Gasteiger partial charge on any atom is 0.119 e. The van der Waals surface area contributed by atoms with Crippen LogP contribution in [0.15, 0.2) is 72.8 Å². The highest BCUT2D eigenvalue weighted by Crippen LogP contribution is 2.35. The van der Waals surface area contributed by atoms with Crippen molar-refractivity contribution in [3.63, 3.8) is 0 Å². The van der Waals surface area contributed by atoms with Crippen LogP contribution in [0.4, 0.5) is 11.4 Å². The molecule has 0 aliphatic rings. The molecule has 0 bridgehead atoms. The van der Waals surface area contributed by atoms with E-state index in [1.54, 1.807) is 14.2 Å². The Morgan fingerprint density at radius 1 is 0.596 bits per heavy atom. The Hall–Kier alpha value is -4.12. The average Bonchev–Trinajstić information content (AvgIpc) is 3.08. The van der Waals surface area contributed by atoms with E-state index in [4.69, 9.17) is 48.4 Å². The number of anilines is 2. The molecule has 244 valence electrons. The molecule has 2 heterocycles. The number of methoxy groups -OCH3 is 2. The molecule has 0 saturated heterocycles. The van der Waals surface area contributed by atoms with Crippen molar-refractivity contribution in [2.75, 3.05) is 77.2 Å². The Bertz CT molecular complexity index is 2020. The van der Waals surface area contributed by atoms with Crippen LogP contribution >= 0.6 is 23.2 Å². The number of benzene rings is 4. The fourth-order valence-corrected chi connectivity index (χ4v) is 6.26. The summed E-state index contributed by atoms with van der Waals surface area (Å²) in [6, 6.07) is 23.5. The minimum atomic E-state index is 0.591. The number of aromatic nitrogens is 2. The molecule has 6 aromatic rings. The quantitative estimate of drug-likeness (QED) is 0.0693. The molecule has 0 aliphatic carbocycles. The number of halogens is 2. The molecule has 9 nitrogen and oxygen atoms in total. The van der Waals surface area contributed by atoms with Gasteiger partial charge in [-0.2, -0.15) is 0 Å². The molecule has 0 amide bonds. The predicted octanol–water partition coefficient (Wildman–Crippen LogP) is 6.79. The third kappa shape index (κ3) is 7.56. The van der Waals surface area contributed by atoms with Crippen LogP contribution in [0, 0.1) is 0 Å². The van der Waals surface area contributed by atoms with E-state index in [0.717, 1.165) is 112 Å². The van der Waals surface area contributed by atoms with Crippen molar-refractivity contribution in [2.24, 2.45) is 5.73 Å². The first-order valence-electron chi connectivity index (χ1n) is 15.7. The molecule has 2 aromatic heterocycles. The third-order valence-electron chi connectivity index (χ3n) is 8.27. The van der Waals surface area contributed by atoms with Crippen molar-refractivity contribution < 1.29 is 9.47 Å². The summed E-state index contributed by atoms with van der Waals surface area (Å²) in [6.07, 6.45) is 0. The van der Waals surface area contributed by atoms with Gasteiger partial charge >= 0.3 is 0 Å². The standard InChI is InChI=1S/C36H39Cl2N7O2/c1-46-25-5-9-31-29(21-25)35(27-7-3-23(37)19-33(27)43-31)41-13-12-40-14-17-45(16-11-39)18-15-42-36-28-8-4-24(38)20-34(28)44-32-10-6-26(47-2)22-30(32)36/h3-10,19-22,40H,11-18,39H2,1-2H3,(H,41,43)(H,42,44). The number of ether oxygens (including phenoxy) is 2. The molecule has 0 saturated carbocycles. The number of nitrogens with one attached hydrogen (secondary N) is 3. The maximum absolute atomic E-state index is 6.30. The summed E-state index contributed by atoms with van der Waals surface area (Å²) in [5.74, 6) is 1.58. The minimum Gasteiger partial charge on any atom is -0.497 e. The Balaban J connectivity index is 1.07. The zero-order valence-corrected chi connectivity index (χ0v) is 28.1. The lowest BCUT2D eigenvalue weighted by molar-refractivity contribution is 0.291. The molecule has 11 heteroatoms. The minimum absolute atomic E-state index is 0.591. The fraction of sp³-hybridized carbons (Fsp3) is 0.278. The number of fused-ring (bicyclic) bond motifs is 4. The van der Waals surface area contributed by atoms with Crippen LogP contribution in [-0.2, 0) is 0 Å². The van der Waals surface area contributed by atoms with Crippen LogP contribution in [0.2, 0.25) is 10.0 Å². The lowest BCUT2D eigenvalue weighted by Crippen LogP contribution is -2.39. The lowest BCUT2D eigenvalue weighted by atomic mass is 10.1. The molecule has 0 aliphatic heterocycles. The van der Waals surface area contributed by atoms with Gasteiger partial charge in [0, 0.05) is 83.9 Å². The summed E-state index contributed by atoms with van der Waals surface area (Å²) in [7, 11) is 3.35. The highest BCUT2D eigenvalue weighted by atomic mass is 35.5. The zero-order chi connectivity index (χ0) is 32.8. The molecule has 6 rings (SSSR count). The molecule has 0 radical (unpaired) electrons. The Labute approximate surface area is 284 Å². The van der Waals surface area contributed by atoms with E-state index in [-0.39, 0.29) is 0 Å². The Morgan fingerprint density at radius 3 is 1.66 bits per heavy atom. The van der Waals surface area contributed by atoms with Crippen molar-refractivity contribution in [1.29, 1.82) is 0 Å². The first-order valence-corrected chi connectivity index (χ1v) is 16.5. The van der Waals surface area contributed by atoms with E-state index >= 15 is 0 Å². The molecule has 47 heavy (non-hydrogen) atoms. The van der Waals surface area contributed by atoms with Crippen LogP contribution in [0.5, 0.6) is 11.5 Å². The average molecular weight is 673 g/mol. The van der Waals surface area contributed by atoms with Gasteiger partial charge in [-0.05, 0) is 72.8 Å². The van der Waals surface area contributed by atoms with Crippen molar-refractivity contribution in [2.45, 2.75) is 0 Å². The summed E-state index contributed by atoms with van der Waals surface area (Å²) in [5, 5.41) is 16.3. The number of rotatable bonds is 15. The van der Waals surface area contributed by atoms with E-state index < -0.39 is 0 Å². The SMILES string of the molecule is COc1ccc2nc3cc(Cl)ccc3c(NCCNCCN(CCN)CCNc3c4ccc(Cl)cc4nc4ccc(OC)cc34)c2c1. The van der Waals surface area contributed by atoms with Gasteiger partial charge in [0.2, 0.25) is 0 Å². The molecule has 0 spiro atoms. The molecule has 0 fully saturated rings. The number of hydrogen-bond acceptors (Lipinski definition) is 9. The van der Waals surface area contributed by atoms with Gasteiger partial charge in [-0.3, -0.25) is 4.90 Å². The smallest absolute Gasteiger partial charge is 0.119 e. The molecule has 0 unspecified atom stereocenters. The summed E-state index contributed by atoms with van der Waals surface area (Å²) in [6.45, 7) is 6.21. The lowest BCUT2D eigenvalue weighted by Gasteiger charge is -2.23. The maximum atomic E-state index is 6.30. The van der Waals surface area contributed by atoms with Gasteiger partial charge in [0.05, 0.1) is 47.7 Å². The van der Waals surface area contributed by atoms with Crippen molar-refractivity contribution in [1.82, 2.24) is 20.2 Å². The number of nitrogens with zero attached hydrogens (tertiary/aromatic N) is 3. The summed E-state index contributed by atoms with van der Waals surface area (Å²) in [4.78, 5) is 12.0. The molecular weight excluding hydrogens is 633 g/mol. The molecule has 4 aromatic carbocycles. The first-order chi connectivity index (χ1) is 23.0. The van der Waals surface area contributed by atoms with Gasteiger partial charge < -0.3 is 31.2 Å². The first kappa shape index (κ1) is 32.8. The second kappa shape index (κ2) is 15.2. The van der Waals surface area contributed by atoms with Crippen molar-refractivity contribution >= 4 is 78.2 Å². The van der Waals surface area contributed by atoms with Crippen molar-refractivity contribution in [3.8, 4) is 11.5 Å². The largest absolute Gasteiger partial charge is 0.497 e. The monoisotopic (exact) mass is 671 g/mol. The van der Waals surface area contributed by atoms with Gasteiger partial charge in [0.25, 0.3) is 0 Å². The Kier molecular flexibility index (Phi) is 10.6. The number of hydrogen-bond donors (Lipinski definition) is 4. The zero-order valence-electron chi connectivity index (χ0n) is 26.6. The van der Waals surface area contributed by atoms with E-state index in [2.05, 4.69) is 20.9 Å². The summed E-state index contributed by atoms with van der Waals surface area (Å²) >= 11 is 12.6. The van der Waals surface area contributed by atoms with Crippen LogP contribution < -0.4 is 31.2 Å². The van der Waals surface area contributed by atoms with Crippen LogP contribution in [0.1, 0.15) is 0 Å². The molecule has 5 N–H and O–H groups in total. The fourth-order valence-electron chi connectivity index (χ4n) is 5.92. The summed E-state index contributed by atoms with van der Waals surface area (Å²) in [5.41, 5.74) is 11.5. The highest BCUT2D eigenvalue weighted by Gasteiger charge is 2.13. The van der Waals surface area contributed by atoms with Crippen LogP contribution in [0.3, 0.4) is 0 Å². The third-order valence-corrected chi connectivity index (χ3v) is 8.74. The Morgan fingerprint density at radius 2 is 1.13 bits per heavy atom. The predicted molar refractivity (Wildman–Crippen MR) is 197 cm³/mol. The van der Waals surface area contributed by atoms with Crippen LogP contribution in [0.25, 0.3) is 43.6 Å². The van der Waals surface area contributed by atoms with E-state index in [1.165, 1.54) is 0 Å². The normalized spacial score (nSPS) is 11.6. The van der Waals surface area contributed by atoms with E-state index in [9.17, 15) is 0 Å². The van der Waals surface area contributed by atoms with Gasteiger partial charge in [0.1, 0.15) is 11.5 Å². The van der Waals surface area contributed by atoms with E-state index in [0.29, 0.717) is 16.6 Å². The number of nitrogens with two attached hydrogens (primary N) is 1. The van der Waals surface area contributed by atoms with Gasteiger partial charge in [0.15, 0.2) is 0 Å². The number of pyridine rings is 2. The van der Waals surface area contributed by atoms with Gasteiger partial charge in [-0.25, -0.2) is 9.97 Å². The van der Waals surface area contributed by atoms with Crippen molar-refractivity contribution in [3.05, 3.63) is 82.8 Å². The van der Waals surface area contributed by atoms with Crippen LogP contribution in [-0.4, -0.2) is 81.4 Å². The second-order valence-electron chi connectivity index (χ2n) is 11.3. The topological polar surface area (TPSA) is 110 Å². The van der Waals surface area contributed by atoms with Gasteiger partial charge in [-0.1, -0.05) is 23.2 Å². The highest BCUT2D eigenvalue weighted by molar-refractivity contribution is 6.32.